The normalized spacial score (nSPS) is 18.8. The molecule has 2 aromatic carbocycles. The molecule has 0 spiro atoms. The van der Waals surface area contributed by atoms with Gasteiger partial charge in [0.25, 0.3) is 0 Å². The van der Waals surface area contributed by atoms with Crippen molar-refractivity contribution in [2.24, 2.45) is 0 Å². The van der Waals surface area contributed by atoms with Crippen molar-refractivity contribution in [3.8, 4) is 0 Å². The van der Waals surface area contributed by atoms with Crippen molar-refractivity contribution < 1.29 is 4.79 Å². The molecule has 0 saturated heterocycles. The summed E-state index contributed by atoms with van der Waals surface area (Å²) in [7, 11) is 0. The molecule has 0 bridgehead atoms. The third kappa shape index (κ3) is 1.32. The van der Waals surface area contributed by atoms with Gasteiger partial charge in [-0.2, -0.15) is 0 Å². The van der Waals surface area contributed by atoms with Crippen LogP contribution in [0.1, 0.15) is 29.7 Å². The minimum atomic E-state index is 0.0658. The number of hydrogen-bond acceptors (Lipinski definition) is 2. The van der Waals surface area contributed by atoms with E-state index >= 15 is 0 Å². The summed E-state index contributed by atoms with van der Waals surface area (Å²) < 4.78 is 0. The first kappa shape index (κ1) is 11.5. The highest BCUT2D eigenvalue weighted by molar-refractivity contribution is 5.99. The Bertz CT molecular complexity index is 723. The van der Waals surface area contributed by atoms with Gasteiger partial charge in [-0.25, -0.2) is 5.01 Å². The van der Waals surface area contributed by atoms with Gasteiger partial charge in [-0.05, 0) is 24.1 Å². The number of amides is 1. The van der Waals surface area contributed by atoms with Gasteiger partial charge in [-0.1, -0.05) is 36.4 Å². The molecule has 0 aromatic heterocycles. The fraction of sp³-hybridized carbons (Fsp3) is 0.235. The van der Waals surface area contributed by atoms with E-state index in [0.29, 0.717) is 0 Å². The molecule has 2 aliphatic rings. The van der Waals surface area contributed by atoms with Gasteiger partial charge in [-0.3, -0.25) is 9.80 Å². The lowest BCUT2D eigenvalue weighted by Crippen LogP contribution is -2.41. The number of hydrogen-bond donors (Lipinski definition) is 0. The molecular formula is C17H16N2O. The summed E-state index contributed by atoms with van der Waals surface area (Å²) in [6.45, 7) is 3.75. The van der Waals surface area contributed by atoms with Crippen LogP contribution in [0.2, 0.25) is 0 Å². The lowest BCUT2D eigenvalue weighted by Gasteiger charge is -2.30. The number of carbonyl (C=O) groups excluding carboxylic acids is 1. The maximum atomic E-state index is 12.2. The first-order chi connectivity index (χ1) is 9.68. The highest BCUT2D eigenvalue weighted by atomic mass is 16.2. The van der Waals surface area contributed by atoms with Crippen LogP contribution < -0.4 is 10.0 Å². The summed E-state index contributed by atoms with van der Waals surface area (Å²) in [6, 6.07) is 14.9. The number of anilines is 2. The number of nitrogens with zero attached hydrogens (tertiary/aromatic N) is 2. The Morgan fingerprint density at radius 2 is 1.95 bits per heavy atom. The van der Waals surface area contributed by atoms with E-state index < -0.39 is 0 Å². The third-order valence-corrected chi connectivity index (χ3v) is 4.30. The maximum absolute atomic E-state index is 12.2. The van der Waals surface area contributed by atoms with Crippen LogP contribution in [0.3, 0.4) is 0 Å². The topological polar surface area (TPSA) is 23.6 Å². The van der Waals surface area contributed by atoms with Crippen LogP contribution in [-0.4, -0.2) is 5.91 Å². The van der Waals surface area contributed by atoms with Crippen LogP contribution in [0.5, 0.6) is 0 Å². The zero-order valence-corrected chi connectivity index (χ0v) is 11.6. The number of hydrazine groups is 1. The maximum Gasteiger partial charge on any atom is 0.242 e. The number of fused-ring (bicyclic) bond motifs is 5. The summed E-state index contributed by atoms with van der Waals surface area (Å²) in [5, 5.41) is 4.01. The molecule has 0 radical (unpaired) electrons. The van der Waals surface area contributed by atoms with Crippen molar-refractivity contribution in [1.29, 1.82) is 0 Å². The molecule has 1 atom stereocenters. The quantitative estimate of drug-likeness (QED) is 0.728. The van der Waals surface area contributed by atoms with E-state index in [0.717, 1.165) is 12.1 Å². The number of para-hydroxylation sites is 2. The van der Waals surface area contributed by atoms with E-state index in [2.05, 4.69) is 42.3 Å². The highest BCUT2D eigenvalue weighted by Gasteiger charge is 2.44. The Balaban J connectivity index is 1.96. The number of rotatable bonds is 0. The summed E-state index contributed by atoms with van der Waals surface area (Å²) in [6.07, 6.45) is 0.970. The lowest BCUT2D eigenvalue weighted by atomic mass is 10.0. The number of aryl methyl sites for hydroxylation is 1. The van der Waals surface area contributed by atoms with E-state index in [1.165, 1.54) is 22.4 Å². The molecule has 1 amide bonds. The Morgan fingerprint density at radius 1 is 1.15 bits per heavy atom. The predicted octanol–water partition coefficient (Wildman–Crippen LogP) is 3.38. The Morgan fingerprint density at radius 3 is 2.75 bits per heavy atom. The van der Waals surface area contributed by atoms with Crippen LogP contribution in [0.15, 0.2) is 42.5 Å². The Hall–Kier alpha value is -2.29. The molecule has 1 unspecified atom stereocenters. The van der Waals surface area contributed by atoms with Crippen LogP contribution in [-0.2, 0) is 11.2 Å². The van der Waals surface area contributed by atoms with E-state index in [1.807, 2.05) is 17.1 Å². The minimum absolute atomic E-state index is 0.0658. The van der Waals surface area contributed by atoms with Crippen LogP contribution in [0.4, 0.5) is 11.4 Å². The van der Waals surface area contributed by atoms with Crippen molar-refractivity contribution in [3.63, 3.8) is 0 Å². The monoisotopic (exact) mass is 264 g/mol. The van der Waals surface area contributed by atoms with Crippen molar-refractivity contribution in [2.75, 3.05) is 10.0 Å². The number of benzene rings is 2. The molecule has 3 heteroatoms. The molecule has 20 heavy (non-hydrogen) atoms. The average molecular weight is 264 g/mol. The molecule has 100 valence electrons. The van der Waals surface area contributed by atoms with Gasteiger partial charge in [0.2, 0.25) is 5.91 Å². The SMILES string of the molecule is CC(=O)N1c2ccccc2C2Cc3cccc(C)c3N21. The smallest absolute Gasteiger partial charge is 0.242 e. The molecule has 2 heterocycles. The zero-order chi connectivity index (χ0) is 13.9. The van der Waals surface area contributed by atoms with E-state index in [-0.39, 0.29) is 11.9 Å². The van der Waals surface area contributed by atoms with Gasteiger partial charge in [0.05, 0.1) is 17.4 Å². The van der Waals surface area contributed by atoms with Gasteiger partial charge in [0.15, 0.2) is 0 Å². The molecule has 2 aliphatic heterocycles. The highest BCUT2D eigenvalue weighted by Crippen LogP contribution is 2.51. The molecular weight excluding hydrogens is 248 g/mol. The van der Waals surface area contributed by atoms with Gasteiger partial charge < -0.3 is 0 Å². The molecule has 3 nitrogen and oxygen atoms in total. The third-order valence-electron chi connectivity index (χ3n) is 4.30. The second kappa shape index (κ2) is 3.85. The molecule has 0 N–H and O–H groups in total. The fourth-order valence-electron chi connectivity index (χ4n) is 3.54. The van der Waals surface area contributed by atoms with Gasteiger partial charge in [0, 0.05) is 18.9 Å². The van der Waals surface area contributed by atoms with E-state index in [9.17, 15) is 4.79 Å². The molecule has 4 rings (SSSR count). The molecule has 0 saturated carbocycles. The summed E-state index contributed by atoms with van der Waals surface area (Å²) in [4.78, 5) is 12.2. The van der Waals surface area contributed by atoms with Crippen molar-refractivity contribution >= 4 is 17.3 Å². The second-order valence-corrected chi connectivity index (χ2v) is 5.54. The van der Waals surface area contributed by atoms with Crippen LogP contribution in [0.25, 0.3) is 0 Å². The second-order valence-electron chi connectivity index (χ2n) is 5.54. The fourth-order valence-corrected chi connectivity index (χ4v) is 3.54. The average Bonchev–Trinajstić information content (AvgIpc) is 2.93. The zero-order valence-electron chi connectivity index (χ0n) is 11.6. The van der Waals surface area contributed by atoms with Gasteiger partial charge in [-0.15, -0.1) is 0 Å². The van der Waals surface area contributed by atoms with Crippen LogP contribution in [0, 0.1) is 6.92 Å². The first-order valence-corrected chi connectivity index (χ1v) is 6.95. The molecule has 0 aliphatic carbocycles. The lowest BCUT2D eigenvalue weighted by molar-refractivity contribution is -0.116. The predicted molar refractivity (Wildman–Crippen MR) is 79.7 cm³/mol. The largest absolute Gasteiger partial charge is 0.273 e. The molecule has 0 fully saturated rings. The van der Waals surface area contributed by atoms with E-state index in [1.54, 1.807) is 6.92 Å². The standard InChI is InChI=1S/C17H16N2O/c1-11-6-5-7-13-10-16-14-8-3-4-9-15(14)18(12(2)20)19(16)17(11)13/h3-9,16H,10H2,1-2H3. The van der Waals surface area contributed by atoms with Gasteiger partial charge >= 0.3 is 0 Å². The minimum Gasteiger partial charge on any atom is -0.273 e. The Kier molecular flexibility index (Phi) is 2.22. The van der Waals surface area contributed by atoms with Crippen molar-refractivity contribution in [2.45, 2.75) is 26.3 Å². The van der Waals surface area contributed by atoms with Crippen LogP contribution >= 0.6 is 0 Å². The van der Waals surface area contributed by atoms with Crippen molar-refractivity contribution in [3.05, 3.63) is 59.2 Å². The first-order valence-electron chi connectivity index (χ1n) is 6.95. The number of carbonyl (C=O) groups is 1. The summed E-state index contributed by atoms with van der Waals surface area (Å²) in [5.74, 6) is 0.0658. The molecule has 2 aromatic rings. The summed E-state index contributed by atoms with van der Waals surface area (Å²) >= 11 is 0. The van der Waals surface area contributed by atoms with Crippen molar-refractivity contribution in [1.82, 2.24) is 0 Å². The Labute approximate surface area is 118 Å². The van der Waals surface area contributed by atoms with E-state index in [4.69, 9.17) is 0 Å². The summed E-state index contributed by atoms with van der Waals surface area (Å²) in [5.41, 5.74) is 6.03. The van der Waals surface area contributed by atoms with Gasteiger partial charge in [0.1, 0.15) is 0 Å².